The summed E-state index contributed by atoms with van der Waals surface area (Å²) in [7, 11) is 1.69. The fraction of sp³-hybridized carbons (Fsp3) is 0.294. The van der Waals surface area contributed by atoms with E-state index in [1.807, 2.05) is 30.3 Å². The molecule has 0 spiro atoms. The van der Waals surface area contributed by atoms with Crippen molar-refractivity contribution in [2.75, 3.05) is 13.6 Å². The van der Waals surface area contributed by atoms with Gasteiger partial charge in [0.1, 0.15) is 0 Å². The van der Waals surface area contributed by atoms with E-state index in [4.69, 9.17) is 0 Å². The fourth-order valence-corrected chi connectivity index (χ4v) is 2.84. The molecule has 0 saturated carbocycles. The summed E-state index contributed by atoms with van der Waals surface area (Å²) in [5.74, 6) is 0.553. The Hall–Kier alpha value is -1.61. The van der Waals surface area contributed by atoms with Gasteiger partial charge in [-0.1, -0.05) is 30.3 Å². The van der Waals surface area contributed by atoms with Crippen LogP contribution in [0.15, 0.2) is 46.8 Å². The molecule has 3 N–H and O–H groups in total. The van der Waals surface area contributed by atoms with Crippen LogP contribution < -0.4 is 16.0 Å². The van der Waals surface area contributed by atoms with E-state index in [1.54, 1.807) is 18.4 Å². The number of thiophene rings is 1. The summed E-state index contributed by atoms with van der Waals surface area (Å²) >= 11 is 1.71. The van der Waals surface area contributed by atoms with E-state index in [9.17, 15) is 4.79 Å². The Labute approximate surface area is 164 Å². The molecule has 130 valence electrons. The number of nitrogens with zero attached hydrogens (tertiary/aromatic N) is 1. The first-order chi connectivity index (χ1) is 11.2. The van der Waals surface area contributed by atoms with E-state index in [1.165, 1.54) is 10.4 Å². The van der Waals surface area contributed by atoms with Crippen LogP contribution in [0.2, 0.25) is 0 Å². The van der Waals surface area contributed by atoms with Gasteiger partial charge >= 0.3 is 0 Å². The third kappa shape index (κ3) is 6.88. The Bertz CT molecular complexity index is 658. The number of carbonyl (C=O) groups is 1. The summed E-state index contributed by atoms with van der Waals surface area (Å²) < 4.78 is 0. The zero-order valence-corrected chi connectivity index (χ0v) is 17.0. The Balaban J connectivity index is 0.00000288. The van der Waals surface area contributed by atoms with Gasteiger partial charge in [0.15, 0.2) is 5.96 Å². The Morgan fingerprint density at radius 2 is 1.83 bits per heavy atom. The van der Waals surface area contributed by atoms with Crippen molar-refractivity contribution in [3.05, 3.63) is 57.8 Å². The van der Waals surface area contributed by atoms with E-state index in [0.29, 0.717) is 19.0 Å². The van der Waals surface area contributed by atoms with Gasteiger partial charge in [0.2, 0.25) is 5.91 Å². The van der Waals surface area contributed by atoms with Crippen molar-refractivity contribution in [1.82, 2.24) is 16.0 Å². The summed E-state index contributed by atoms with van der Waals surface area (Å²) in [6, 6.07) is 11.9. The third-order valence-electron chi connectivity index (χ3n) is 3.36. The third-order valence-corrected chi connectivity index (χ3v) is 4.38. The zero-order chi connectivity index (χ0) is 16.5. The lowest BCUT2D eigenvalue weighted by Crippen LogP contribution is -2.42. The second-order valence-electron chi connectivity index (χ2n) is 5.07. The number of nitrogens with one attached hydrogen (secondary N) is 3. The second kappa shape index (κ2) is 11.0. The van der Waals surface area contributed by atoms with Gasteiger partial charge < -0.3 is 16.0 Å². The first-order valence-corrected chi connectivity index (χ1v) is 8.35. The molecule has 1 heterocycles. The predicted molar refractivity (Wildman–Crippen MR) is 111 cm³/mol. The van der Waals surface area contributed by atoms with E-state index in [0.717, 1.165) is 5.56 Å². The lowest BCUT2D eigenvalue weighted by molar-refractivity contribution is -0.120. The van der Waals surface area contributed by atoms with Gasteiger partial charge in [-0.3, -0.25) is 9.79 Å². The molecule has 0 saturated heterocycles. The van der Waals surface area contributed by atoms with Crippen LogP contribution in [0.5, 0.6) is 0 Å². The molecule has 2 rings (SSSR count). The highest BCUT2D eigenvalue weighted by Gasteiger charge is 2.05. The molecular weight excluding hydrogens is 435 g/mol. The van der Waals surface area contributed by atoms with Gasteiger partial charge in [-0.2, -0.15) is 0 Å². The summed E-state index contributed by atoms with van der Waals surface area (Å²) in [5.41, 5.74) is 2.34. The molecule has 0 atom stereocenters. The average molecular weight is 458 g/mol. The van der Waals surface area contributed by atoms with Gasteiger partial charge in [0, 0.05) is 18.5 Å². The van der Waals surface area contributed by atoms with Gasteiger partial charge in [0.05, 0.1) is 13.1 Å². The first-order valence-electron chi connectivity index (χ1n) is 7.47. The van der Waals surface area contributed by atoms with E-state index in [2.05, 4.69) is 39.3 Å². The molecule has 0 aliphatic heterocycles. The van der Waals surface area contributed by atoms with Gasteiger partial charge in [0.25, 0.3) is 0 Å². The standard InChI is InChI=1S/C17H22N4OS.HI/c1-13-8-9-23-15(13)11-20-17(18-2)21-12-16(22)19-10-14-6-4-3-5-7-14;/h3-9H,10-12H2,1-2H3,(H,19,22)(H2,18,20,21);1H. The maximum absolute atomic E-state index is 11.9. The van der Waals surface area contributed by atoms with Gasteiger partial charge in [-0.15, -0.1) is 35.3 Å². The zero-order valence-electron chi connectivity index (χ0n) is 13.8. The van der Waals surface area contributed by atoms with Gasteiger partial charge in [-0.05, 0) is 29.5 Å². The van der Waals surface area contributed by atoms with E-state index in [-0.39, 0.29) is 36.4 Å². The van der Waals surface area contributed by atoms with Crippen molar-refractivity contribution >= 4 is 47.2 Å². The molecule has 7 heteroatoms. The minimum Gasteiger partial charge on any atom is -0.352 e. The molecule has 1 aromatic heterocycles. The highest BCUT2D eigenvalue weighted by molar-refractivity contribution is 14.0. The summed E-state index contributed by atoms with van der Waals surface area (Å²) in [6.45, 7) is 3.51. The second-order valence-corrected chi connectivity index (χ2v) is 6.07. The highest BCUT2D eigenvalue weighted by Crippen LogP contribution is 2.14. The normalized spacial score (nSPS) is 10.7. The molecule has 0 aliphatic rings. The van der Waals surface area contributed by atoms with Crippen molar-refractivity contribution in [3.8, 4) is 0 Å². The SMILES string of the molecule is CN=C(NCC(=O)NCc1ccccc1)NCc1sccc1C.I. The molecule has 0 radical (unpaired) electrons. The summed E-state index contributed by atoms with van der Waals surface area (Å²) in [4.78, 5) is 17.3. The van der Waals surface area contributed by atoms with Crippen molar-refractivity contribution in [2.45, 2.75) is 20.0 Å². The van der Waals surface area contributed by atoms with Crippen LogP contribution in [0.25, 0.3) is 0 Å². The number of carbonyl (C=O) groups excluding carboxylic acids is 1. The Kier molecular flexibility index (Phi) is 9.39. The van der Waals surface area contributed by atoms with E-state index < -0.39 is 0 Å². The first kappa shape index (κ1) is 20.4. The maximum Gasteiger partial charge on any atom is 0.239 e. The lowest BCUT2D eigenvalue weighted by Gasteiger charge is -2.12. The number of aryl methyl sites for hydroxylation is 1. The van der Waals surface area contributed by atoms with Gasteiger partial charge in [-0.25, -0.2) is 0 Å². The monoisotopic (exact) mass is 458 g/mol. The quantitative estimate of drug-likeness (QED) is 0.354. The molecule has 0 fully saturated rings. The van der Waals surface area contributed by atoms with Crippen molar-refractivity contribution in [3.63, 3.8) is 0 Å². The van der Waals surface area contributed by atoms with E-state index >= 15 is 0 Å². The van der Waals surface area contributed by atoms with Crippen molar-refractivity contribution < 1.29 is 4.79 Å². The number of hydrogen-bond donors (Lipinski definition) is 3. The molecular formula is C17H23IN4OS. The van der Waals surface area contributed by atoms with Crippen LogP contribution in [0.3, 0.4) is 0 Å². The predicted octanol–water partition coefficient (Wildman–Crippen LogP) is 2.66. The van der Waals surface area contributed by atoms with Crippen LogP contribution >= 0.6 is 35.3 Å². The number of guanidine groups is 1. The minimum atomic E-state index is -0.0656. The number of halogens is 1. The molecule has 1 amide bonds. The molecule has 0 bridgehead atoms. The minimum absolute atomic E-state index is 0. The number of amides is 1. The highest BCUT2D eigenvalue weighted by atomic mass is 127. The van der Waals surface area contributed by atoms with Crippen molar-refractivity contribution in [1.29, 1.82) is 0 Å². The number of hydrogen-bond acceptors (Lipinski definition) is 3. The molecule has 2 aromatic rings. The number of rotatable bonds is 6. The number of benzene rings is 1. The molecule has 0 aliphatic carbocycles. The molecule has 0 unspecified atom stereocenters. The van der Waals surface area contributed by atoms with Crippen LogP contribution in [0.4, 0.5) is 0 Å². The fourth-order valence-electron chi connectivity index (χ4n) is 1.99. The van der Waals surface area contributed by atoms with Crippen molar-refractivity contribution in [2.24, 2.45) is 4.99 Å². The van der Waals surface area contributed by atoms with Crippen LogP contribution in [-0.4, -0.2) is 25.5 Å². The van der Waals surface area contributed by atoms with Crippen LogP contribution in [0.1, 0.15) is 16.0 Å². The Morgan fingerprint density at radius 1 is 1.08 bits per heavy atom. The molecule has 1 aromatic carbocycles. The molecule has 5 nitrogen and oxygen atoms in total. The largest absolute Gasteiger partial charge is 0.352 e. The maximum atomic E-state index is 11.9. The average Bonchev–Trinajstić information content (AvgIpc) is 2.99. The number of aliphatic imine (C=N–C) groups is 1. The topological polar surface area (TPSA) is 65.5 Å². The summed E-state index contributed by atoms with van der Waals surface area (Å²) in [6.07, 6.45) is 0. The molecule has 24 heavy (non-hydrogen) atoms. The Morgan fingerprint density at radius 3 is 2.46 bits per heavy atom. The van der Waals surface area contributed by atoms with Crippen LogP contribution in [0, 0.1) is 6.92 Å². The van der Waals surface area contributed by atoms with Crippen LogP contribution in [-0.2, 0) is 17.9 Å². The smallest absolute Gasteiger partial charge is 0.239 e. The lowest BCUT2D eigenvalue weighted by atomic mass is 10.2. The summed E-state index contributed by atoms with van der Waals surface area (Å²) in [5, 5.41) is 11.2.